The Balaban J connectivity index is 2.20. The van der Waals surface area contributed by atoms with Crippen molar-refractivity contribution in [2.75, 3.05) is 24.3 Å². The molecule has 2 rings (SSSR count). The van der Waals surface area contributed by atoms with E-state index < -0.39 is 5.91 Å². The van der Waals surface area contributed by atoms with Crippen molar-refractivity contribution in [3.63, 3.8) is 0 Å². The van der Waals surface area contributed by atoms with Crippen LogP contribution in [0.3, 0.4) is 0 Å². The van der Waals surface area contributed by atoms with Crippen LogP contribution in [0.5, 0.6) is 0 Å². The second-order valence-electron chi connectivity index (χ2n) is 4.94. The van der Waals surface area contributed by atoms with Gasteiger partial charge in [0.15, 0.2) is 0 Å². The summed E-state index contributed by atoms with van der Waals surface area (Å²) in [6.07, 6.45) is 0. The zero-order valence-electron chi connectivity index (χ0n) is 12.1. The molecule has 0 atom stereocenters. The fourth-order valence-corrected chi connectivity index (χ4v) is 2.07. The van der Waals surface area contributed by atoms with Crippen LogP contribution >= 0.6 is 0 Å². The molecule has 2 aromatic rings. The summed E-state index contributed by atoms with van der Waals surface area (Å²) >= 11 is 0. The lowest BCUT2D eigenvalue weighted by molar-refractivity contribution is 0.1000. The summed E-state index contributed by atoms with van der Waals surface area (Å²) in [6, 6.07) is 11.9. The van der Waals surface area contributed by atoms with Crippen LogP contribution in [-0.2, 0) is 6.54 Å². The third kappa shape index (κ3) is 3.51. The summed E-state index contributed by atoms with van der Waals surface area (Å²) in [6.45, 7) is 0.276. The molecule has 0 saturated carbocycles. The van der Waals surface area contributed by atoms with E-state index in [4.69, 9.17) is 5.73 Å². The Kier molecular flexibility index (Phi) is 4.42. The predicted molar refractivity (Wildman–Crippen MR) is 83.0 cm³/mol. The number of anilines is 2. The van der Waals surface area contributed by atoms with E-state index in [0.717, 1.165) is 11.4 Å². The highest BCUT2D eigenvalue weighted by atomic mass is 19.1. The monoisotopic (exact) mass is 287 g/mol. The molecule has 1 amide bonds. The lowest BCUT2D eigenvalue weighted by Gasteiger charge is -2.18. The number of nitrogens with one attached hydrogen (secondary N) is 1. The maximum atomic E-state index is 13.8. The van der Waals surface area contributed by atoms with Crippen LogP contribution in [0.25, 0.3) is 0 Å². The third-order valence-corrected chi connectivity index (χ3v) is 3.19. The van der Waals surface area contributed by atoms with E-state index in [1.807, 2.05) is 43.3 Å². The Morgan fingerprint density at radius 2 is 1.95 bits per heavy atom. The molecule has 5 heteroatoms. The van der Waals surface area contributed by atoms with E-state index in [9.17, 15) is 9.18 Å². The number of halogens is 1. The van der Waals surface area contributed by atoms with Crippen molar-refractivity contribution in [3.8, 4) is 0 Å². The molecule has 21 heavy (non-hydrogen) atoms. The van der Waals surface area contributed by atoms with Gasteiger partial charge in [-0.25, -0.2) is 4.39 Å². The number of para-hydroxylation sites is 2. The standard InChI is InChI=1S/C16H18FN3O/c1-20(2)15-6-4-3-5-14(15)19-10-12-9-11(16(18)21)7-8-13(12)17/h3-9,19H,10H2,1-2H3,(H2,18,21). The number of carbonyl (C=O) groups is 1. The number of hydrogen-bond acceptors (Lipinski definition) is 3. The Morgan fingerprint density at radius 1 is 1.24 bits per heavy atom. The van der Waals surface area contributed by atoms with Gasteiger partial charge in [-0.3, -0.25) is 4.79 Å². The molecular weight excluding hydrogens is 269 g/mol. The van der Waals surface area contributed by atoms with Crippen LogP contribution in [0.15, 0.2) is 42.5 Å². The normalized spacial score (nSPS) is 10.2. The Bertz CT molecular complexity index is 656. The number of benzene rings is 2. The van der Waals surface area contributed by atoms with Crippen LogP contribution < -0.4 is 16.0 Å². The summed E-state index contributed by atoms with van der Waals surface area (Å²) in [5.74, 6) is -0.931. The van der Waals surface area contributed by atoms with Gasteiger partial charge in [0.05, 0.1) is 11.4 Å². The molecule has 0 unspecified atom stereocenters. The summed E-state index contributed by atoms with van der Waals surface area (Å²) in [5.41, 5.74) is 7.82. The van der Waals surface area contributed by atoms with Gasteiger partial charge < -0.3 is 16.0 Å². The minimum absolute atomic E-state index is 0.276. The molecule has 0 bridgehead atoms. The number of nitrogens with zero attached hydrogens (tertiary/aromatic N) is 1. The highest BCUT2D eigenvalue weighted by Gasteiger charge is 2.08. The van der Waals surface area contributed by atoms with E-state index in [1.165, 1.54) is 18.2 Å². The Morgan fingerprint density at radius 3 is 2.62 bits per heavy atom. The van der Waals surface area contributed by atoms with Crippen molar-refractivity contribution in [1.29, 1.82) is 0 Å². The lowest BCUT2D eigenvalue weighted by Crippen LogP contribution is -2.14. The molecule has 0 radical (unpaired) electrons. The third-order valence-electron chi connectivity index (χ3n) is 3.19. The van der Waals surface area contributed by atoms with Crippen LogP contribution in [0.2, 0.25) is 0 Å². The average molecular weight is 287 g/mol. The summed E-state index contributed by atoms with van der Waals surface area (Å²) < 4.78 is 13.8. The molecule has 0 aliphatic rings. The van der Waals surface area contributed by atoms with E-state index in [0.29, 0.717) is 11.1 Å². The topological polar surface area (TPSA) is 58.4 Å². The minimum atomic E-state index is -0.565. The molecule has 0 saturated heterocycles. The summed E-state index contributed by atoms with van der Waals surface area (Å²) in [4.78, 5) is 13.1. The van der Waals surface area contributed by atoms with Gasteiger partial charge in [0.1, 0.15) is 5.82 Å². The quantitative estimate of drug-likeness (QED) is 0.888. The first-order chi connectivity index (χ1) is 9.99. The number of amides is 1. The van der Waals surface area contributed by atoms with E-state index in [2.05, 4.69) is 5.32 Å². The smallest absolute Gasteiger partial charge is 0.248 e. The summed E-state index contributed by atoms with van der Waals surface area (Å²) in [5, 5.41) is 3.18. The molecule has 4 nitrogen and oxygen atoms in total. The van der Waals surface area contributed by atoms with Crippen LogP contribution in [0, 0.1) is 5.82 Å². The zero-order chi connectivity index (χ0) is 15.4. The van der Waals surface area contributed by atoms with Gasteiger partial charge in [-0.05, 0) is 30.3 Å². The Hall–Kier alpha value is -2.56. The van der Waals surface area contributed by atoms with Crippen molar-refractivity contribution in [3.05, 3.63) is 59.4 Å². The van der Waals surface area contributed by atoms with Crippen molar-refractivity contribution >= 4 is 17.3 Å². The Labute approximate surface area is 123 Å². The van der Waals surface area contributed by atoms with Crippen LogP contribution in [0.4, 0.5) is 15.8 Å². The van der Waals surface area contributed by atoms with Crippen molar-refractivity contribution in [2.45, 2.75) is 6.54 Å². The van der Waals surface area contributed by atoms with Gasteiger partial charge in [-0.15, -0.1) is 0 Å². The number of primary amides is 1. The van der Waals surface area contributed by atoms with Gasteiger partial charge in [0, 0.05) is 31.8 Å². The first-order valence-electron chi connectivity index (χ1n) is 6.57. The zero-order valence-corrected chi connectivity index (χ0v) is 12.1. The SMILES string of the molecule is CN(C)c1ccccc1NCc1cc(C(N)=O)ccc1F. The molecule has 3 N–H and O–H groups in total. The first kappa shape index (κ1) is 14.8. The maximum Gasteiger partial charge on any atom is 0.248 e. The largest absolute Gasteiger partial charge is 0.379 e. The van der Waals surface area contributed by atoms with Crippen molar-refractivity contribution < 1.29 is 9.18 Å². The number of carbonyl (C=O) groups excluding carboxylic acids is 1. The number of hydrogen-bond donors (Lipinski definition) is 2. The fourth-order valence-electron chi connectivity index (χ4n) is 2.07. The minimum Gasteiger partial charge on any atom is -0.379 e. The molecule has 110 valence electrons. The molecule has 0 aliphatic heterocycles. The maximum absolute atomic E-state index is 13.8. The van der Waals surface area contributed by atoms with Crippen molar-refractivity contribution in [1.82, 2.24) is 0 Å². The van der Waals surface area contributed by atoms with E-state index >= 15 is 0 Å². The van der Waals surface area contributed by atoms with E-state index in [1.54, 1.807) is 0 Å². The van der Waals surface area contributed by atoms with Gasteiger partial charge in [0.2, 0.25) is 5.91 Å². The highest BCUT2D eigenvalue weighted by Crippen LogP contribution is 2.24. The summed E-state index contributed by atoms with van der Waals surface area (Å²) in [7, 11) is 3.88. The first-order valence-corrected chi connectivity index (χ1v) is 6.57. The molecule has 0 aliphatic carbocycles. The van der Waals surface area contributed by atoms with Crippen LogP contribution in [-0.4, -0.2) is 20.0 Å². The second kappa shape index (κ2) is 6.26. The highest BCUT2D eigenvalue weighted by molar-refractivity contribution is 5.92. The van der Waals surface area contributed by atoms with Gasteiger partial charge in [-0.2, -0.15) is 0 Å². The van der Waals surface area contributed by atoms with Crippen LogP contribution in [0.1, 0.15) is 15.9 Å². The molecular formula is C16H18FN3O. The molecule has 0 spiro atoms. The fraction of sp³-hybridized carbons (Fsp3) is 0.188. The molecule has 0 heterocycles. The number of nitrogens with two attached hydrogens (primary N) is 1. The lowest BCUT2D eigenvalue weighted by atomic mass is 10.1. The molecule has 2 aromatic carbocycles. The van der Waals surface area contributed by atoms with Gasteiger partial charge >= 0.3 is 0 Å². The van der Waals surface area contributed by atoms with Gasteiger partial charge in [-0.1, -0.05) is 12.1 Å². The average Bonchev–Trinajstić information content (AvgIpc) is 2.46. The van der Waals surface area contributed by atoms with E-state index in [-0.39, 0.29) is 12.4 Å². The van der Waals surface area contributed by atoms with Gasteiger partial charge in [0.25, 0.3) is 0 Å². The predicted octanol–water partition coefficient (Wildman–Crippen LogP) is 2.60. The molecule has 0 fully saturated rings. The number of rotatable bonds is 5. The second-order valence-corrected chi connectivity index (χ2v) is 4.94. The molecule has 0 aromatic heterocycles. The van der Waals surface area contributed by atoms with Crippen molar-refractivity contribution in [2.24, 2.45) is 5.73 Å².